The fourth-order valence-electron chi connectivity index (χ4n) is 1.64. The largest absolute Gasteiger partial charge is 0.451 e. The van der Waals surface area contributed by atoms with Crippen molar-refractivity contribution in [2.75, 3.05) is 5.32 Å². The first-order valence-electron chi connectivity index (χ1n) is 6.70. The number of hydrogen-bond donors (Lipinski definition) is 1. The van der Waals surface area contributed by atoms with Crippen LogP contribution in [-0.2, 0) is 20.9 Å². The van der Waals surface area contributed by atoms with E-state index in [9.17, 15) is 18.4 Å². The number of rotatable bonds is 7. The summed E-state index contributed by atoms with van der Waals surface area (Å²) in [5.74, 6) is -3.73. The number of halogens is 2. The van der Waals surface area contributed by atoms with Gasteiger partial charge in [0.1, 0.15) is 12.9 Å². The Hall–Kier alpha value is -2.56. The van der Waals surface area contributed by atoms with E-state index >= 15 is 0 Å². The fraction of sp³-hybridized carbons (Fsp3) is 0.308. The van der Waals surface area contributed by atoms with Gasteiger partial charge in [0, 0.05) is 10.6 Å². The van der Waals surface area contributed by atoms with Crippen LogP contribution in [0.15, 0.2) is 35.5 Å². The molecule has 1 amide bonds. The zero-order valence-electron chi connectivity index (χ0n) is 12.4. The van der Waals surface area contributed by atoms with Gasteiger partial charge in [-0.15, -0.1) is 5.10 Å². The molecule has 2 aromatic rings. The van der Waals surface area contributed by atoms with Gasteiger partial charge in [-0.2, -0.15) is 8.78 Å². The molecule has 24 heavy (non-hydrogen) atoms. The predicted octanol–water partition coefficient (Wildman–Crippen LogP) is 1.56. The van der Waals surface area contributed by atoms with E-state index in [0.717, 1.165) is 4.68 Å². The Morgan fingerprint density at radius 1 is 1.33 bits per heavy atom. The number of esters is 1. The molecule has 0 aliphatic heterocycles. The highest BCUT2D eigenvalue weighted by molar-refractivity contribution is 7.99. The normalized spacial score (nSPS) is 12.0. The molecule has 128 valence electrons. The molecule has 0 radical (unpaired) electrons. The summed E-state index contributed by atoms with van der Waals surface area (Å²) < 4.78 is 30.6. The summed E-state index contributed by atoms with van der Waals surface area (Å²) in [7, 11) is 0. The number of anilines is 1. The molecular weight excluding hydrogens is 344 g/mol. The van der Waals surface area contributed by atoms with Crippen molar-refractivity contribution in [1.29, 1.82) is 0 Å². The zero-order valence-corrected chi connectivity index (χ0v) is 13.2. The molecule has 1 aromatic carbocycles. The summed E-state index contributed by atoms with van der Waals surface area (Å²) in [6, 6.07) is 5.89. The van der Waals surface area contributed by atoms with Gasteiger partial charge in [-0.1, -0.05) is 11.8 Å². The highest BCUT2D eigenvalue weighted by Gasteiger charge is 2.18. The van der Waals surface area contributed by atoms with Gasteiger partial charge < -0.3 is 10.1 Å². The monoisotopic (exact) mass is 357 g/mol. The number of carbonyl (C=O) groups excluding carboxylic acids is 2. The Morgan fingerprint density at radius 3 is 2.62 bits per heavy atom. The highest BCUT2D eigenvalue weighted by Crippen LogP contribution is 2.26. The molecule has 1 heterocycles. The number of carbonyl (C=O) groups is 2. The number of ether oxygens (including phenoxy) is 1. The van der Waals surface area contributed by atoms with E-state index < -0.39 is 23.7 Å². The van der Waals surface area contributed by atoms with Gasteiger partial charge in [0.15, 0.2) is 6.10 Å². The number of benzene rings is 1. The molecular formula is C13H13F2N5O3S. The average Bonchev–Trinajstić information content (AvgIpc) is 3.01. The van der Waals surface area contributed by atoms with Crippen LogP contribution in [0.4, 0.5) is 14.5 Å². The van der Waals surface area contributed by atoms with E-state index in [1.165, 1.54) is 37.5 Å². The fourth-order valence-corrected chi connectivity index (χ4v) is 2.14. The number of hydrogen-bond acceptors (Lipinski definition) is 7. The Balaban J connectivity index is 1.83. The molecule has 2 rings (SSSR count). The van der Waals surface area contributed by atoms with Crippen LogP contribution < -0.4 is 5.32 Å². The summed E-state index contributed by atoms with van der Waals surface area (Å²) >= 11 is 0.409. The van der Waals surface area contributed by atoms with Crippen LogP contribution >= 0.6 is 11.8 Å². The number of tetrazole rings is 1. The molecule has 0 aliphatic carbocycles. The second-order valence-electron chi connectivity index (χ2n) is 4.53. The second-order valence-corrected chi connectivity index (χ2v) is 5.60. The van der Waals surface area contributed by atoms with Gasteiger partial charge in [0.05, 0.1) is 0 Å². The lowest BCUT2D eigenvalue weighted by Gasteiger charge is -2.13. The first kappa shape index (κ1) is 17.8. The molecule has 1 N–H and O–H groups in total. The van der Waals surface area contributed by atoms with Crippen molar-refractivity contribution in [3.8, 4) is 0 Å². The van der Waals surface area contributed by atoms with Gasteiger partial charge >= 0.3 is 5.97 Å². The van der Waals surface area contributed by atoms with Crippen LogP contribution in [0.2, 0.25) is 0 Å². The third-order valence-electron chi connectivity index (χ3n) is 2.71. The minimum absolute atomic E-state index is 0.218. The quantitative estimate of drug-likeness (QED) is 0.593. The molecule has 11 heteroatoms. The molecule has 0 saturated heterocycles. The van der Waals surface area contributed by atoms with E-state index in [4.69, 9.17) is 4.74 Å². The van der Waals surface area contributed by atoms with E-state index in [2.05, 4.69) is 20.8 Å². The van der Waals surface area contributed by atoms with E-state index in [-0.39, 0.29) is 6.54 Å². The summed E-state index contributed by atoms with van der Waals surface area (Å²) in [6.45, 7) is 1.19. The van der Waals surface area contributed by atoms with Gasteiger partial charge in [-0.3, -0.25) is 9.59 Å². The van der Waals surface area contributed by atoms with E-state index in [0.29, 0.717) is 22.3 Å². The Morgan fingerprint density at radius 2 is 2.04 bits per heavy atom. The molecule has 0 unspecified atom stereocenters. The summed E-state index contributed by atoms with van der Waals surface area (Å²) in [4.78, 5) is 24.0. The summed E-state index contributed by atoms with van der Waals surface area (Å²) in [5, 5.41) is 12.8. The molecule has 1 atom stereocenters. The average molecular weight is 357 g/mol. The van der Waals surface area contributed by atoms with Crippen LogP contribution in [0, 0.1) is 0 Å². The predicted molar refractivity (Wildman–Crippen MR) is 80.3 cm³/mol. The van der Waals surface area contributed by atoms with Gasteiger partial charge in [0.25, 0.3) is 11.7 Å². The van der Waals surface area contributed by atoms with Gasteiger partial charge in [0.2, 0.25) is 0 Å². The number of alkyl halides is 2. The summed E-state index contributed by atoms with van der Waals surface area (Å²) in [5.41, 5.74) is 0.405. The lowest BCUT2D eigenvalue weighted by Crippen LogP contribution is -2.31. The topological polar surface area (TPSA) is 99.0 Å². The van der Waals surface area contributed by atoms with Crippen molar-refractivity contribution in [2.45, 2.75) is 30.2 Å². The summed E-state index contributed by atoms with van der Waals surface area (Å²) in [6.07, 6.45) is 0.203. The van der Waals surface area contributed by atoms with Crippen molar-refractivity contribution >= 4 is 29.3 Å². The molecule has 0 spiro atoms. The maximum Gasteiger partial charge on any atom is 0.328 e. The second kappa shape index (κ2) is 8.34. The molecule has 0 saturated carbocycles. The molecule has 0 fully saturated rings. The molecule has 1 aromatic heterocycles. The van der Waals surface area contributed by atoms with Gasteiger partial charge in [-0.05, 0) is 41.6 Å². The van der Waals surface area contributed by atoms with E-state index in [1.807, 2.05) is 0 Å². The van der Waals surface area contributed by atoms with Crippen molar-refractivity contribution < 1.29 is 23.1 Å². The third-order valence-corrected chi connectivity index (χ3v) is 3.43. The standard InChI is InChI=1S/C13H13F2N5O3S/c1-8(23-11(21)6-20-7-16-18-19-20)12(22)17-9-2-4-10(5-3-9)24-13(14)15/h2-5,7-8,13H,6H2,1H3,(H,17,22)/t8-/m1/s1. The van der Waals surface area contributed by atoms with Crippen LogP contribution in [0.1, 0.15) is 6.92 Å². The Bertz CT molecular complexity index is 681. The van der Waals surface area contributed by atoms with Crippen molar-refractivity contribution in [3.05, 3.63) is 30.6 Å². The Kier molecular flexibility index (Phi) is 6.18. The molecule has 0 bridgehead atoms. The maximum absolute atomic E-state index is 12.2. The van der Waals surface area contributed by atoms with Crippen molar-refractivity contribution in [2.24, 2.45) is 0 Å². The van der Waals surface area contributed by atoms with Crippen LogP contribution in [0.3, 0.4) is 0 Å². The number of nitrogens with zero attached hydrogens (tertiary/aromatic N) is 4. The smallest absolute Gasteiger partial charge is 0.328 e. The third kappa shape index (κ3) is 5.57. The molecule has 0 aliphatic rings. The number of amides is 1. The SMILES string of the molecule is C[C@@H](OC(=O)Cn1cnnn1)C(=O)Nc1ccc(SC(F)F)cc1. The minimum atomic E-state index is -2.51. The first-order valence-corrected chi connectivity index (χ1v) is 7.58. The van der Waals surface area contributed by atoms with Crippen molar-refractivity contribution in [1.82, 2.24) is 20.2 Å². The number of aromatic nitrogens is 4. The number of nitrogens with one attached hydrogen (secondary N) is 1. The Labute approximate surface area is 139 Å². The maximum atomic E-state index is 12.2. The van der Waals surface area contributed by atoms with Crippen LogP contribution in [0.5, 0.6) is 0 Å². The van der Waals surface area contributed by atoms with Crippen LogP contribution in [-0.4, -0.2) is 43.9 Å². The zero-order chi connectivity index (χ0) is 17.5. The highest BCUT2D eigenvalue weighted by atomic mass is 32.2. The minimum Gasteiger partial charge on any atom is -0.451 e. The van der Waals surface area contributed by atoms with Crippen molar-refractivity contribution in [3.63, 3.8) is 0 Å². The molecule has 8 nitrogen and oxygen atoms in total. The lowest BCUT2D eigenvalue weighted by atomic mass is 10.3. The van der Waals surface area contributed by atoms with E-state index in [1.54, 1.807) is 0 Å². The van der Waals surface area contributed by atoms with Crippen LogP contribution in [0.25, 0.3) is 0 Å². The lowest BCUT2D eigenvalue weighted by molar-refractivity contribution is -0.153. The van der Waals surface area contributed by atoms with Gasteiger partial charge in [-0.25, -0.2) is 4.68 Å². The number of thioether (sulfide) groups is 1. The first-order chi connectivity index (χ1) is 11.4.